The van der Waals surface area contributed by atoms with Crippen LogP contribution in [0.5, 0.6) is 5.75 Å². The summed E-state index contributed by atoms with van der Waals surface area (Å²) in [6.45, 7) is 10.8. The number of benzene rings is 2. The van der Waals surface area contributed by atoms with Crippen molar-refractivity contribution in [2.75, 3.05) is 43.5 Å². The van der Waals surface area contributed by atoms with Crippen LogP contribution in [0.25, 0.3) is 0 Å². The largest absolute Gasteiger partial charge is 0.497 e. The Bertz CT molecular complexity index is 1170. The number of methoxy groups -OCH3 is 1. The molecular formula is C27H33N5O2. The maximum atomic E-state index is 12.8. The van der Waals surface area contributed by atoms with Gasteiger partial charge in [0.15, 0.2) is 0 Å². The SMILES string of the molecule is COc1ccc(Cc2c(C)nc(C)nc2N2CCN(C(=O)Nc3ccc(C)c(C)c3)CC2)cc1. The maximum Gasteiger partial charge on any atom is 0.321 e. The zero-order chi connectivity index (χ0) is 24.2. The lowest BCUT2D eigenvalue weighted by molar-refractivity contribution is 0.208. The predicted molar refractivity (Wildman–Crippen MR) is 136 cm³/mol. The topological polar surface area (TPSA) is 70.6 Å². The molecule has 2 heterocycles. The highest BCUT2D eigenvalue weighted by atomic mass is 16.5. The van der Waals surface area contributed by atoms with Gasteiger partial charge in [0.1, 0.15) is 17.4 Å². The molecule has 0 aliphatic carbocycles. The molecule has 34 heavy (non-hydrogen) atoms. The second-order valence-corrected chi connectivity index (χ2v) is 8.89. The van der Waals surface area contributed by atoms with Crippen molar-refractivity contribution < 1.29 is 9.53 Å². The summed E-state index contributed by atoms with van der Waals surface area (Å²) < 4.78 is 5.29. The van der Waals surface area contributed by atoms with Gasteiger partial charge in [-0.1, -0.05) is 18.2 Å². The molecule has 2 aromatic carbocycles. The number of aromatic nitrogens is 2. The average molecular weight is 460 g/mol. The Morgan fingerprint density at radius 1 is 0.941 bits per heavy atom. The monoisotopic (exact) mass is 459 g/mol. The van der Waals surface area contributed by atoms with Gasteiger partial charge in [-0.15, -0.1) is 0 Å². The lowest BCUT2D eigenvalue weighted by Gasteiger charge is -2.36. The van der Waals surface area contributed by atoms with Gasteiger partial charge in [-0.25, -0.2) is 14.8 Å². The van der Waals surface area contributed by atoms with Gasteiger partial charge in [-0.05, 0) is 68.7 Å². The Balaban J connectivity index is 1.45. The normalized spacial score (nSPS) is 13.7. The van der Waals surface area contributed by atoms with Crippen molar-refractivity contribution in [1.82, 2.24) is 14.9 Å². The van der Waals surface area contributed by atoms with Crippen molar-refractivity contribution in [3.05, 3.63) is 76.2 Å². The van der Waals surface area contributed by atoms with Crippen molar-refractivity contribution >= 4 is 17.5 Å². The van der Waals surface area contributed by atoms with E-state index < -0.39 is 0 Å². The first-order valence-electron chi connectivity index (χ1n) is 11.7. The van der Waals surface area contributed by atoms with E-state index >= 15 is 0 Å². The number of nitrogens with one attached hydrogen (secondary N) is 1. The van der Waals surface area contributed by atoms with Crippen molar-refractivity contribution in [3.8, 4) is 5.75 Å². The Labute approximate surface area is 201 Å². The molecule has 0 radical (unpaired) electrons. The van der Waals surface area contributed by atoms with Gasteiger partial charge < -0.3 is 19.9 Å². The molecule has 0 spiro atoms. The molecule has 1 fully saturated rings. The smallest absolute Gasteiger partial charge is 0.321 e. The summed E-state index contributed by atoms with van der Waals surface area (Å²) in [4.78, 5) is 26.4. The molecule has 0 unspecified atom stereocenters. The van der Waals surface area contributed by atoms with E-state index in [0.29, 0.717) is 13.1 Å². The third-order valence-corrected chi connectivity index (χ3v) is 6.47. The fourth-order valence-corrected chi connectivity index (χ4v) is 4.28. The van der Waals surface area contributed by atoms with E-state index in [0.717, 1.165) is 53.8 Å². The predicted octanol–water partition coefficient (Wildman–Crippen LogP) is 4.66. The first-order chi connectivity index (χ1) is 16.3. The Kier molecular flexibility index (Phi) is 7.01. The molecule has 1 aliphatic heterocycles. The van der Waals surface area contributed by atoms with Gasteiger partial charge >= 0.3 is 6.03 Å². The summed E-state index contributed by atoms with van der Waals surface area (Å²) in [5, 5.41) is 3.04. The fourth-order valence-electron chi connectivity index (χ4n) is 4.28. The molecule has 1 aromatic heterocycles. The third kappa shape index (κ3) is 5.30. The Morgan fingerprint density at radius 2 is 1.65 bits per heavy atom. The molecule has 0 saturated carbocycles. The third-order valence-electron chi connectivity index (χ3n) is 6.47. The van der Waals surface area contributed by atoms with Gasteiger partial charge in [-0.2, -0.15) is 0 Å². The number of carbonyl (C=O) groups excluding carboxylic acids is 1. The molecule has 2 amide bonds. The van der Waals surface area contributed by atoms with Crippen LogP contribution in [0.2, 0.25) is 0 Å². The second-order valence-electron chi connectivity index (χ2n) is 8.89. The molecule has 1 saturated heterocycles. The van der Waals surface area contributed by atoms with E-state index in [9.17, 15) is 4.79 Å². The first-order valence-corrected chi connectivity index (χ1v) is 11.7. The van der Waals surface area contributed by atoms with E-state index in [1.54, 1.807) is 7.11 Å². The lowest BCUT2D eigenvalue weighted by atomic mass is 10.0. The van der Waals surface area contributed by atoms with E-state index in [4.69, 9.17) is 9.72 Å². The van der Waals surface area contributed by atoms with Gasteiger partial charge in [-0.3, -0.25) is 0 Å². The average Bonchev–Trinajstić information content (AvgIpc) is 2.83. The van der Waals surface area contributed by atoms with Gasteiger partial charge in [0, 0.05) is 49.5 Å². The summed E-state index contributed by atoms with van der Waals surface area (Å²) in [5.74, 6) is 2.58. The molecule has 3 aromatic rings. The summed E-state index contributed by atoms with van der Waals surface area (Å²) >= 11 is 0. The van der Waals surface area contributed by atoms with Crippen LogP contribution >= 0.6 is 0 Å². The number of piperazine rings is 1. The number of rotatable bonds is 5. The number of nitrogens with zero attached hydrogens (tertiary/aromatic N) is 4. The van der Waals surface area contributed by atoms with E-state index in [2.05, 4.69) is 41.2 Å². The molecule has 4 rings (SSSR count). The van der Waals surface area contributed by atoms with Crippen LogP contribution in [0.3, 0.4) is 0 Å². The van der Waals surface area contributed by atoms with Crippen LogP contribution in [0.15, 0.2) is 42.5 Å². The molecule has 0 atom stereocenters. The van der Waals surface area contributed by atoms with Crippen LogP contribution in [-0.2, 0) is 6.42 Å². The van der Waals surface area contributed by atoms with E-state index in [-0.39, 0.29) is 6.03 Å². The minimum atomic E-state index is -0.0589. The molecule has 1 N–H and O–H groups in total. The highest BCUT2D eigenvalue weighted by Gasteiger charge is 2.25. The number of hydrogen-bond acceptors (Lipinski definition) is 5. The number of urea groups is 1. The molecule has 178 valence electrons. The summed E-state index contributed by atoms with van der Waals surface area (Å²) in [6.07, 6.45) is 0.749. The highest BCUT2D eigenvalue weighted by Crippen LogP contribution is 2.26. The quantitative estimate of drug-likeness (QED) is 0.601. The number of carbonyl (C=O) groups is 1. The minimum Gasteiger partial charge on any atom is -0.497 e. The van der Waals surface area contributed by atoms with Crippen LogP contribution in [0.4, 0.5) is 16.3 Å². The van der Waals surface area contributed by atoms with Crippen molar-refractivity contribution in [2.45, 2.75) is 34.1 Å². The van der Waals surface area contributed by atoms with Crippen molar-refractivity contribution in [3.63, 3.8) is 0 Å². The van der Waals surface area contributed by atoms with Gasteiger partial charge in [0.25, 0.3) is 0 Å². The molecule has 0 bridgehead atoms. The van der Waals surface area contributed by atoms with Crippen LogP contribution < -0.4 is 15.0 Å². The number of anilines is 2. The zero-order valence-electron chi connectivity index (χ0n) is 20.7. The summed E-state index contributed by atoms with van der Waals surface area (Å²) in [6, 6.07) is 14.1. The summed E-state index contributed by atoms with van der Waals surface area (Å²) in [7, 11) is 1.67. The van der Waals surface area contributed by atoms with Gasteiger partial charge in [0.2, 0.25) is 0 Å². The van der Waals surface area contributed by atoms with Crippen molar-refractivity contribution in [1.29, 1.82) is 0 Å². The highest BCUT2D eigenvalue weighted by molar-refractivity contribution is 5.89. The fraction of sp³-hybridized carbons (Fsp3) is 0.370. The van der Waals surface area contributed by atoms with E-state index in [1.807, 2.05) is 49.1 Å². The summed E-state index contributed by atoms with van der Waals surface area (Å²) in [5.41, 5.74) is 6.52. The lowest BCUT2D eigenvalue weighted by Crippen LogP contribution is -2.50. The second kappa shape index (κ2) is 10.1. The number of amides is 2. The Morgan fingerprint density at radius 3 is 2.29 bits per heavy atom. The number of ether oxygens (including phenoxy) is 1. The van der Waals surface area contributed by atoms with Crippen LogP contribution in [0.1, 0.15) is 33.8 Å². The zero-order valence-corrected chi connectivity index (χ0v) is 20.7. The van der Waals surface area contributed by atoms with Crippen molar-refractivity contribution in [2.24, 2.45) is 0 Å². The first kappa shape index (κ1) is 23.5. The van der Waals surface area contributed by atoms with Gasteiger partial charge in [0.05, 0.1) is 7.11 Å². The Hall–Kier alpha value is -3.61. The molecule has 7 nitrogen and oxygen atoms in total. The van der Waals surface area contributed by atoms with E-state index in [1.165, 1.54) is 16.7 Å². The van der Waals surface area contributed by atoms with Crippen LogP contribution in [-0.4, -0.2) is 54.2 Å². The maximum absolute atomic E-state index is 12.8. The number of hydrogen-bond donors (Lipinski definition) is 1. The minimum absolute atomic E-state index is 0.0589. The van der Waals surface area contributed by atoms with Crippen LogP contribution in [0, 0.1) is 27.7 Å². The standard InChI is InChI=1S/C27H33N5O2/c1-18-6-9-23(16-19(18)2)30-27(33)32-14-12-31(13-15-32)26-25(20(3)28-21(4)29-26)17-22-7-10-24(34-5)11-8-22/h6-11,16H,12-15,17H2,1-5H3,(H,30,33). The molecule has 1 aliphatic rings. The number of aryl methyl sites for hydroxylation is 4. The molecular weight excluding hydrogens is 426 g/mol. The molecule has 7 heteroatoms.